The summed E-state index contributed by atoms with van der Waals surface area (Å²) in [7, 11) is -3.29. The number of anilines is 1. The molecule has 2 atom stereocenters. The number of nitrogens with one attached hydrogen (secondary N) is 1. The third-order valence-corrected chi connectivity index (χ3v) is 9.43. The molecule has 12 heteroatoms. The summed E-state index contributed by atoms with van der Waals surface area (Å²) >= 11 is 0. The Morgan fingerprint density at radius 1 is 1.07 bits per heavy atom. The minimum absolute atomic E-state index is 0.0120. The van der Waals surface area contributed by atoms with Gasteiger partial charge in [0, 0.05) is 25.2 Å². The van der Waals surface area contributed by atoms with Crippen molar-refractivity contribution in [2.75, 3.05) is 37.0 Å². The second-order valence-electron chi connectivity index (χ2n) is 10.5. The van der Waals surface area contributed by atoms with Gasteiger partial charge in [-0.2, -0.15) is 13.2 Å². The number of halogens is 3. The van der Waals surface area contributed by atoms with Gasteiger partial charge in [-0.25, -0.2) is 13.4 Å². The number of carbonyl (C=O) groups is 1. The number of amides is 1. The van der Waals surface area contributed by atoms with E-state index in [9.17, 15) is 26.4 Å². The largest absolute Gasteiger partial charge is 0.416 e. The standard InChI is InChI=1S/C30H32F3N3O5S/c1-2-42(38,39)27-10-3-20(4-11-27)14-35-29(37)22-7-12-28(34-15-22)36-16-23(13-25(36)17-41-26-18-40-19-26)21-5-8-24(9-6-21)30(31,32)33/h3-12,15,23,25-26H,2,13-14,16-19H2,1H3,(H,35,37)/t23?,25-/m0/s1. The van der Waals surface area contributed by atoms with Crippen LogP contribution in [0.5, 0.6) is 0 Å². The number of hydrogen-bond donors (Lipinski definition) is 1. The first-order valence-corrected chi connectivity index (χ1v) is 15.4. The molecule has 8 nitrogen and oxygen atoms in total. The molecular formula is C30H32F3N3O5S. The van der Waals surface area contributed by atoms with Crippen molar-refractivity contribution in [1.82, 2.24) is 10.3 Å². The summed E-state index contributed by atoms with van der Waals surface area (Å²) in [5, 5.41) is 2.82. The predicted molar refractivity (Wildman–Crippen MR) is 150 cm³/mol. The molecule has 1 unspecified atom stereocenters. The van der Waals surface area contributed by atoms with Gasteiger partial charge in [-0.15, -0.1) is 0 Å². The first-order valence-electron chi connectivity index (χ1n) is 13.7. The van der Waals surface area contributed by atoms with E-state index in [1.54, 1.807) is 31.2 Å². The smallest absolute Gasteiger partial charge is 0.376 e. The second kappa shape index (κ2) is 12.4. The van der Waals surface area contributed by atoms with Gasteiger partial charge in [0.1, 0.15) is 11.9 Å². The summed E-state index contributed by atoms with van der Waals surface area (Å²) in [6.45, 7) is 3.86. The molecule has 5 rings (SSSR count). The molecule has 1 aromatic heterocycles. The Bertz CT molecular complexity index is 1480. The first-order chi connectivity index (χ1) is 20.0. The van der Waals surface area contributed by atoms with E-state index in [1.807, 2.05) is 0 Å². The second-order valence-corrected chi connectivity index (χ2v) is 12.8. The molecular weight excluding hydrogens is 571 g/mol. The minimum Gasteiger partial charge on any atom is -0.376 e. The van der Waals surface area contributed by atoms with Crippen molar-refractivity contribution >= 4 is 21.6 Å². The molecule has 0 spiro atoms. The van der Waals surface area contributed by atoms with Crippen molar-refractivity contribution in [3.05, 3.63) is 89.1 Å². The van der Waals surface area contributed by atoms with Crippen molar-refractivity contribution in [2.24, 2.45) is 0 Å². The van der Waals surface area contributed by atoms with Crippen molar-refractivity contribution in [3.63, 3.8) is 0 Å². The van der Waals surface area contributed by atoms with Crippen LogP contribution in [0.15, 0.2) is 71.8 Å². The molecule has 0 aliphatic carbocycles. The quantitative estimate of drug-likeness (QED) is 0.362. The van der Waals surface area contributed by atoms with Gasteiger partial charge in [-0.3, -0.25) is 4.79 Å². The Labute approximate surface area is 242 Å². The molecule has 2 saturated heterocycles. The van der Waals surface area contributed by atoms with Gasteiger partial charge in [-0.1, -0.05) is 31.2 Å². The zero-order valence-corrected chi connectivity index (χ0v) is 23.8. The highest BCUT2D eigenvalue weighted by atomic mass is 32.2. The Balaban J connectivity index is 1.24. The zero-order valence-electron chi connectivity index (χ0n) is 23.0. The first kappa shape index (κ1) is 30.0. The molecule has 3 heterocycles. The van der Waals surface area contributed by atoms with Crippen LogP contribution in [0, 0.1) is 0 Å². The van der Waals surface area contributed by atoms with Crippen LogP contribution >= 0.6 is 0 Å². The molecule has 1 N–H and O–H groups in total. The van der Waals surface area contributed by atoms with Gasteiger partial charge in [0.2, 0.25) is 0 Å². The molecule has 1 amide bonds. The number of rotatable bonds is 10. The van der Waals surface area contributed by atoms with Gasteiger partial charge >= 0.3 is 6.18 Å². The van der Waals surface area contributed by atoms with Gasteiger partial charge in [0.25, 0.3) is 5.91 Å². The van der Waals surface area contributed by atoms with Crippen molar-refractivity contribution in [3.8, 4) is 0 Å². The molecule has 0 radical (unpaired) electrons. The predicted octanol–water partition coefficient (Wildman–Crippen LogP) is 4.60. The normalized spacial score (nSPS) is 19.5. The molecule has 2 aliphatic rings. The number of benzene rings is 2. The number of alkyl halides is 3. The van der Waals surface area contributed by atoms with Crippen LogP contribution in [0.3, 0.4) is 0 Å². The molecule has 2 aromatic carbocycles. The maximum absolute atomic E-state index is 13.1. The third-order valence-electron chi connectivity index (χ3n) is 7.68. The Morgan fingerprint density at radius 3 is 2.36 bits per heavy atom. The molecule has 3 aromatic rings. The minimum atomic E-state index is -4.39. The molecule has 42 heavy (non-hydrogen) atoms. The SMILES string of the molecule is CCS(=O)(=O)c1ccc(CNC(=O)c2ccc(N3CC(c4ccc(C(F)(F)F)cc4)C[C@H]3COC3COC3)nc2)cc1. The van der Waals surface area contributed by atoms with Crippen LogP contribution in [0.25, 0.3) is 0 Å². The number of aromatic nitrogens is 1. The lowest BCUT2D eigenvalue weighted by Gasteiger charge is -2.30. The average Bonchev–Trinajstić information content (AvgIpc) is 3.39. The maximum Gasteiger partial charge on any atom is 0.416 e. The molecule has 2 fully saturated rings. The number of nitrogens with zero attached hydrogens (tertiary/aromatic N) is 2. The van der Waals surface area contributed by atoms with Gasteiger partial charge in [0.15, 0.2) is 9.84 Å². The van der Waals surface area contributed by atoms with Crippen LogP contribution in [0.4, 0.5) is 19.0 Å². The van der Waals surface area contributed by atoms with E-state index in [0.29, 0.717) is 44.2 Å². The molecule has 0 bridgehead atoms. The fourth-order valence-corrected chi connectivity index (χ4v) is 5.94. The monoisotopic (exact) mass is 603 g/mol. The fraction of sp³-hybridized carbons (Fsp3) is 0.400. The Kier molecular flexibility index (Phi) is 8.86. The third kappa shape index (κ3) is 6.93. The van der Waals surface area contributed by atoms with Crippen LogP contribution < -0.4 is 10.2 Å². The van der Waals surface area contributed by atoms with Crippen molar-refractivity contribution < 1.29 is 35.9 Å². The highest BCUT2D eigenvalue weighted by Gasteiger charge is 2.36. The fourth-order valence-electron chi connectivity index (χ4n) is 5.05. The van der Waals surface area contributed by atoms with Crippen LogP contribution in [-0.4, -0.2) is 63.6 Å². The Hall–Kier alpha value is -3.48. The van der Waals surface area contributed by atoms with E-state index in [-0.39, 0.29) is 41.2 Å². The lowest BCUT2D eigenvalue weighted by Crippen LogP contribution is -2.41. The number of carbonyl (C=O) groups excluding carboxylic acids is 1. The Morgan fingerprint density at radius 2 is 1.79 bits per heavy atom. The molecule has 2 aliphatic heterocycles. The van der Waals surface area contributed by atoms with E-state index >= 15 is 0 Å². The van der Waals surface area contributed by atoms with Gasteiger partial charge < -0.3 is 19.7 Å². The highest BCUT2D eigenvalue weighted by Crippen LogP contribution is 2.36. The van der Waals surface area contributed by atoms with E-state index < -0.39 is 21.6 Å². The van der Waals surface area contributed by atoms with Crippen molar-refractivity contribution in [2.45, 2.75) is 49.0 Å². The maximum atomic E-state index is 13.1. The highest BCUT2D eigenvalue weighted by molar-refractivity contribution is 7.91. The summed E-state index contributed by atoms with van der Waals surface area (Å²) in [5.41, 5.74) is 1.26. The van der Waals surface area contributed by atoms with Gasteiger partial charge in [0.05, 0.1) is 47.6 Å². The number of sulfone groups is 1. The summed E-state index contributed by atoms with van der Waals surface area (Å²) in [5.74, 6) is 0.324. The zero-order chi connectivity index (χ0) is 29.9. The van der Waals surface area contributed by atoms with Gasteiger partial charge in [-0.05, 0) is 53.9 Å². The number of ether oxygens (including phenoxy) is 2. The lowest BCUT2D eigenvalue weighted by molar-refractivity contribution is -0.137. The van der Waals surface area contributed by atoms with Crippen molar-refractivity contribution in [1.29, 1.82) is 0 Å². The molecule has 0 saturated carbocycles. The summed E-state index contributed by atoms with van der Waals surface area (Å²) in [6, 6.07) is 15.1. The number of hydrogen-bond acceptors (Lipinski definition) is 7. The van der Waals surface area contributed by atoms with Crippen LogP contribution in [0.2, 0.25) is 0 Å². The van der Waals surface area contributed by atoms with E-state index in [4.69, 9.17) is 9.47 Å². The van der Waals surface area contributed by atoms with Crippen LogP contribution in [-0.2, 0) is 32.0 Å². The summed E-state index contributed by atoms with van der Waals surface area (Å²) in [4.78, 5) is 19.6. The van der Waals surface area contributed by atoms with E-state index in [2.05, 4.69) is 15.2 Å². The summed E-state index contributed by atoms with van der Waals surface area (Å²) < 4.78 is 74.3. The van der Waals surface area contributed by atoms with E-state index in [1.165, 1.54) is 30.5 Å². The number of pyridine rings is 1. The summed E-state index contributed by atoms with van der Waals surface area (Å²) in [6.07, 6.45) is -2.18. The van der Waals surface area contributed by atoms with E-state index in [0.717, 1.165) is 23.3 Å². The molecule has 224 valence electrons. The lowest BCUT2D eigenvalue weighted by atomic mass is 9.95. The topological polar surface area (TPSA) is 97.8 Å². The average molecular weight is 604 g/mol. The van der Waals surface area contributed by atoms with Crippen LogP contribution in [0.1, 0.15) is 46.3 Å².